The van der Waals surface area contributed by atoms with Gasteiger partial charge in [-0.1, -0.05) is 15.9 Å². The molecular formula is C9H11BrO2. The van der Waals surface area contributed by atoms with Crippen molar-refractivity contribution in [3.63, 3.8) is 0 Å². The van der Waals surface area contributed by atoms with E-state index >= 15 is 0 Å². The third kappa shape index (κ3) is 1.47. The van der Waals surface area contributed by atoms with Gasteiger partial charge in [0.15, 0.2) is 0 Å². The molecule has 0 aliphatic carbocycles. The van der Waals surface area contributed by atoms with E-state index in [9.17, 15) is 5.11 Å². The minimum absolute atomic E-state index is 0.119. The summed E-state index contributed by atoms with van der Waals surface area (Å²) in [5, 5.41) is 18.5. The van der Waals surface area contributed by atoms with Crippen molar-refractivity contribution in [2.45, 2.75) is 20.5 Å². The van der Waals surface area contributed by atoms with Crippen LogP contribution in [0.5, 0.6) is 5.75 Å². The molecule has 0 spiro atoms. The Hall–Kier alpha value is -0.540. The van der Waals surface area contributed by atoms with E-state index in [1.165, 1.54) is 0 Å². The van der Waals surface area contributed by atoms with Crippen LogP contribution in [-0.4, -0.2) is 10.2 Å². The van der Waals surface area contributed by atoms with Gasteiger partial charge in [0.05, 0.1) is 6.61 Å². The lowest BCUT2D eigenvalue weighted by Gasteiger charge is -2.09. The number of rotatable bonds is 1. The molecule has 0 aliphatic rings. The van der Waals surface area contributed by atoms with Crippen LogP contribution in [0.4, 0.5) is 0 Å². The van der Waals surface area contributed by atoms with Gasteiger partial charge < -0.3 is 10.2 Å². The Morgan fingerprint density at radius 2 is 2.00 bits per heavy atom. The van der Waals surface area contributed by atoms with E-state index < -0.39 is 0 Å². The predicted octanol–water partition coefficient (Wildman–Crippen LogP) is 2.26. The summed E-state index contributed by atoms with van der Waals surface area (Å²) >= 11 is 3.32. The Kier molecular flexibility index (Phi) is 2.75. The summed E-state index contributed by atoms with van der Waals surface area (Å²) in [5.74, 6) is 0.185. The summed E-state index contributed by atoms with van der Waals surface area (Å²) < 4.78 is 0.870. The van der Waals surface area contributed by atoms with Gasteiger partial charge in [-0.25, -0.2) is 0 Å². The van der Waals surface area contributed by atoms with Crippen molar-refractivity contribution in [2.75, 3.05) is 0 Å². The van der Waals surface area contributed by atoms with Gasteiger partial charge in [-0.15, -0.1) is 0 Å². The molecule has 2 nitrogen and oxygen atoms in total. The third-order valence-electron chi connectivity index (χ3n) is 1.98. The first-order valence-corrected chi connectivity index (χ1v) is 4.45. The average Bonchev–Trinajstić information content (AvgIpc) is 2.01. The van der Waals surface area contributed by atoms with Crippen molar-refractivity contribution in [1.82, 2.24) is 0 Å². The first-order valence-electron chi connectivity index (χ1n) is 3.66. The van der Waals surface area contributed by atoms with Gasteiger partial charge >= 0.3 is 0 Å². The molecule has 3 heteroatoms. The van der Waals surface area contributed by atoms with E-state index in [1.54, 1.807) is 6.92 Å². The van der Waals surface area contributed by atoms with Gasteiger partial charge in [0, 0.05) is 15.6 Å². The number of phenols is 1. The van der Waals surface area contributed by atoms with Crippen molar-refractivity contribution < 1.29 is 10.2 Å². The van der Waals surface area contributed by atoms with Gasteiger partial charge in [0.1, 0.15) is 5.75 Å². The molecule has 2 N–H and O–H groups in total. The zero-order valence-electron chi connectivity index (χ0n) is 7.06. The maximum Gasteiger partial charge on any atom is 0.125 e. The summed E-state index contributed by atoms with van der Waals surface area (Å²) in [6.07, 6.45) is 0. The maximum absolute atomic E-state index is 9.57. The van der Waals surface area contributed by atoms with E-state index in [4.69, 9.17) is 5.11 Å². The largest absolute Gasteiger partial charge is 0.507 e. The highest BCUT2D eigenvalue weighted by atomic mass is 79.9. The minimum atomic E-state index is -0.119. The topological polar surface area (TPSA) is 40.5 Å². The van der Waals surface area contributed by atoms with E-state index in [-0.39, 0.29) is 12.4 Å². The van der Waals surface area contributed by atoms with Crippen LogP contribution in [0.1, 0.15) is 16.7 Å². The van der Waals surface area contributed by atoms with Crippen LogP contribution < -0.4 is 0 Å². The van der Waals surface area contributed by atoms with Crippen molar-refractivity contribution in [3.05, 3.63) is 27.2 Å². The first kappa shape index (κ1) is 9.55. The van der Waals surface area contributed by atoms with Crippen LogP contribution in [0.3, 0.4) is 0 Å². The summed E-state index contributed by atoms with van der Waals surface area (Å²) in [7, 11) is 0. The molecule has 1 aromatic carbocycles. The van der Waals surface area contributed by atoms with Crippen LogP contribution in [0.15, 0.2) is 10.5 Å². The van der Waals surface area contributed by atoms with E-state index in [0.29, 0.717) is 5.56 Å². The standard InChI is InChI=1S/C9H11BrO2/c1-5-3-8(10)6(2)9(12)7(5)4-11/h3,11-12H,4H2,1-2H3. The molecule has 0 heterocycles. The molecule has 0 fully saturated rings. The zero-order valence-corrected chi connectivity index (χ0v) is 8.64. The molecule has 0 atom stereocenters. The number of halogens is 1. The fourth-order valence-corrected chi connectivity index (χ4v) is 1.64. The van der Waals surface area contributed by atoms with E-state index in [1.807, 2.05) is 13.0 Å². The number of benzene rings is 1. The number of aromatic hydroxyl groups is 1. The molecular weight excluding hydrogens is 220 g/mol. The van der Waals surface area contributed by atoms with Crippen LogP contribution in [0.25, 0.3) is 0 Å². The molecule has 66 valence electrons. The molecule has 12 heavy (non-hydrogen) atoms. The second-order valence-corrected chi connectivity index (χ2v) is 3.64. The highest BCUT2D eigenvalue weighted by Gasteiger charge is 2.09. The van der Waals surface area contributed by atoms with Crippen molar-refractivity contribution in [2.24, 2.45) is 0 Å². The molecule has 0 radical (unpaired) electrons. The van der Waals surface area contributed by atoms with E-state index in [2.05, 4.69) is 15.9 Å². The van der Waals surface area contributed by atoms with Gasteiger partial charge in [-0.2, -0.15) is 0 Å². The highest BCUT2D eigenvalue weighted by Crippen LogP contribution is 2.31. The lowest BCUT2D eigenvalue weighted by Crippen LogP contribution is -1.92. The number of hydrogen-bond acceptors (Lipinski definition) is 2. The molecule has 0 saturated carbocycles. The molecule has 1 aromatic rings. The number of aliphatic hydroxyl groups excluding tert-OH is 1. The molecule has 0 amide bonds. The predicted molar refractivity (Wildman–Crippen MR) is 51.2 cm³/mol. The molecule has 0 bridgehead atoms. The fourth-order valence-electron chi connectivity index (χ4n) is 1.11. The van der Waals surface area contributed by atoms with Gasteiger partial charge in [0.2, 0.25) is 0 Å². The second kappa shape index (κ2) is 3.46. The molecule has 1 rings (SSSR count). The third-order valence-corrected chi connectivity index (χ3v) is 2.80. The van der Waals surface area contributed by atoms with Crippen molar-refractivity contribution in [1.29, 1.82) is 0 Å². The van der Waals surface area contributed by atoms with Crippen molar-refractivity contribution >= 4 is 15.9 Å². The van der Waals surface area contributed by atoms with Crippen LogP contribution >= 0.6 is 15.9 Å². The summed E-state index contributed by atoms with van der Waals surface area (Å²) in [6, 6.07) is 1.89. The Balaban J connectivity index is 3.40. The normalized spacial score (nSPS) is 10.3. The van der Waals surface area contributed by atoms with Crippen LogP contribution in [0, 0.1) is 13.8 Å². The van der Waals surface area contributed by atoms with Crippen LogP contribution in [-0.2, 0) is 6.61 Å². The summed E-state index contributed by atoms with van der Waals surface area (Å²) in [6.45, 7) is 3.54. The fraction of sp³-hybridized carbons (Fsp3) is 0.333. The van der Waals surface area contributed by atoms with Crippen molar-refractivity contribution in [3.8, 4) is 5.75 Å². The Morgan fingerprint density at radius 3 is 2.50 bits per heavy atom. The lowest BCUT2D eigenvalue weighted by atomic mass is 10.0. The summed E-state index contributed by atoms with van der Waals surface area (Å²) in [4.78, 5) is 0. The number of aliphatic hydroxyl groups is 1. The molecule has 0 aliphatic heterocycles. The SMILES string of the molecule is Cc1cc(Br)c(C)c(O)c1CO. The molecule has 0 unspecified atom stereocenters. The monoisotopic (exact) mass is 230 g/mol. The highest BCUT2D eigenvalue weighted by molar-refractivity contribution is 9.10. The Morgan fingerprint density at radius 1 is 1.42 bits per heavy atom. The van der Waals surface area contributed by atoms with Gasteiger partial charge in [-0.3, -0.25) is 0 Å². The Bertz CT molecular complexity index is 308. The molecule has 0 saturated heterocycles. The average molecular weight is 231 g/mol. The quantitative estimate of drug-likeness (QED) is 0.778. The minimum Gasteiger partial charge on any atom is -0.507 e. The number of aryl methyl sites for hydroxylation is 1. The first-order chi connectivity index (χ1) is 5.57. The smallest absolute Gasteiger partial charge is 0.125 e. The summed E-state index contributed by atoms with van der Waals surface area (Å²) in [5.41, 5.74) is 2.27. The number of hydrogen-bond donors (Lipinski definition) is 2. The Labute approximate surface area is 80.0 Å². The van der Waals surface area contributed by atoms with Crippen LogP contribution in [0.2, 0.25) is 0 Å². The van der Waals surface area contributed by atoms with Gasteiger partial charge in [-0.05, 0) is 25.5 Å². The van der Waals surface area contributed by atoms with E-state index in [0.717, 1.165) is 15.6 Å². The zero-order chi connectivity index (χ0) is 9.30. The lowest BCUT2D eigenvalue weighted by molar-refractivity contribution is 0.274. The second-order valence-electron chi connectivity index (χ2n) is 2.79. The van der Waals surface area contributed by atoms with Gasteiger partial charge in [0.25, 0.3) is 0 Å². The molecule has 0 aromatic heterocycles. The maximum atomic E-state index is 9.57.